The average molecular weight is 205 g/mol. The Labute approximate surface area is 82.9 Å². The first-order chi connectivity index (χ1) is 5.88. The molecular weight excluding hydrogens is 186 g/mol. The molecule has 0 bridgehead atoms. The van der Waals surface area contributed by atoms with E-state index in [-0.39, 0.29) is 11.2 Å². The van der Waals surface area contributed by atoms with E-state index in [4.69, 9.17) is 0 Å². The molecule has 0 aromatic heterocycles. The zero-order valence-electron chi connectivity index (χ0n) is 8.85. The normalized spacial score (nSPS) is 14.2. The number of nitrogens with one attached hydrogen (secondary N) is 1. The molecule has 1 atom stereocenters. The van der Waals surface area contributed by atoms with Gasteiger partial charge in [0.15, 0.2) is 0 Å². The van der Waals surface area contributed by atoms with Crippen LogP contribution in [0.15, 0.2) is 0 Å². The van der Waals surface area contributed by atoms with Crippen LogP contribution >= 0.6 is 0 Å². The lowest BCUT2D eigenvalue weighted by Gasteiger charge is -2.15. The van der Waals surface area contributed by atoms with Crippen LogP contribution in [0, 0.1) is 5.41 Å². The summed E-state index contributed by atoms with van der Waals surface area (Å²) in [7, 11) is 0.682. The molecule has 0 fully saturated rings. The van der Waals surface area contributed by atoms with Crippen LogP contribution < -0.4 is 4.72 Å². The minimum atomic E-state index is -0.972. The molecule has 0 aliphatic rings. The third kappa shape index (κ3) is 5.93. The van der Waals surface area contributed by atoms with Crippen molar-refractivity contribution in [2.75, 3.05) is 12.8 Å². The van der Waals surface area contributed by atoms with Gasteiger partial charge in [0.05, 0.1) is 11.0 Å². The maximum Gasteiger partial charge on any atom is 0.138 e. The Kier molecular flexibility index (Phi) is 5.40. The summed E-state index contributed by atoms with van der Waals surface area (Å²) in [6, 6.07) is 0. The van der Waals surface area contributed by atoms with Gasteiger partial charge in [0.25, 0.3) is 0 Å². The van der Waals surface area contributed by atoms with Gasteiger partial charge >= 0.3 is 0 Å². The van der Waals surface area contributed by atoms with Crippen LogP contribution in [-0.4, -0.2) is 22.8 Å². The van der Waals surface area contributed by atoms with E-state index >= 15 is 0 Å². The number of carbonyl (C=O) groups excluding carboxylic acids is 1. The zero-order chi connectivity index (χ0) is 10.5. The van der Waals surface area contributed by atoms with Crippen molar-refractivity contribution >= 4 is 16.8 Å². The molecule has 0 radical (unpaired) electrons. The first-order valence-electron chi connectivity index (χ1n) is 4.47. The highest BCUT2D eigenvalue weighted by Crippen LogP contribution is 2.17. The fourth-order valence-electron chi connectivity index (χ4n) is 0.841. The molecule has 0 aliphatic carbocycles. The Morgan fingerprint density at radius 2 is 1.92 bits per heavy atom. The molecule has 1 N–H and O–H groups in total. The van der Waals surface area contributed by atoms with Crippen molar-refractivity contribution in [1.29, 1.82) is 0 Å². The molecule has 0 saturated heterocycles. The molecule has 13 heavy (non-hydrogen) atoms. The highest BCUT2D eigenvalue weighted by Gasteiger charge is 2.20. The Morgan fingerprint density at radius 1 is 1.38 bits per heavy atom. The van der Waals surface area contributed by atoms with Crippen molar-refractivity contribution in [1.82, 2.24) is 4.72 Å². The molecule has 0 aromatic carbocycles. The Morgan fingerprint density at radius 3 is 2.31 bits per heavy atom. The predicted molar refractivity (Wildman–Crippen MR) is 55.8 cm³/mol. The smallest absolute Gasteiger partial charge is 0.138 e. The molecule has 78 valence electrons. The standard InChI is InChI=1S/C9H19NO2S/c1-9(2,3)8(11)6-5-7-13(12)10-4/h10H,5-7H2,1-4H3. The van der Waals surface area contributed by atoms with Gasteiger partial charge in [0.2, 0.25) is 0 Å². The third-order valence-electron chi connectivity index (χ3n) is 1.80. The average Bonchev–Trinajstić information content (AvgIpc) is 2.02. The lowest BCUT2D eigenvalue weighted by atomic mass is 9.88. The van der Waals surface area contributed by atoms with Crippen LogP contribution in [-0.2, 0) is 15.8 Å². The van der Waals surface area contributed by atoms with E-state index in [9.17, 15) is 9.00 Å². The van der Waals surface area contributed by atoms with Crippen LogP contribution in [0.1, 0.15) is 33.6 Å². The first kappa shape index (κ1) is 12.8. The molecule has 1 unspecified atom stereocenters. The van der Waals surface area contributed by atoms with Gasteiger partial charge in [-0.2, -0.15) is 0 Å². The third-order valence-corrected chi connectivity index (χ3v) is 2.91. The summed E-state index contributed by atoms with van der Waals surface area (Å²) in [4.78, 5) is 11.4. The molecule has 0 amide bonds. The van der Waals surface area contributed by atoms with Gasteiger partial charge in [-0.05, 0) is 13.5 Å². The Bertz CT molecular complexity index is 196. The summed E-state index contributed by atoms with van der Waals surface area (Å²) in [5, 5.41) is 0. The first-order valence-corrected chi connectivity index (χ1v) is 5.79. The van der Waals surface area contributed by atoms with Gasteiger partial charge in [-0.15, -0.1) is 0 Å². The maximum absolute atomic E-state index is 11.4. The highest BCUT2D eigenvalue weighted by molar-refractivity contribution is 7.82. The second kappa shape index (κ2) is 5.50. The van der Waals surface area contributed by atoms with Crippen molar-refractivity contribution < 1.29 is 9.00 Å². The predicted octanol–water partition coefficient (Wildman–Crippen LogP) is 1.26. The van der Waals surface area contributed by atoms with Gasteiger partial charge in [-0.25, -0.2) is 8.93 Å². The van der Waals surface area contributed by atoms with Crippen LogP contribution in [0.5, 0.6) is 0 Å². The second-order valence-electron chi connectivity index (χ2n) is 4.03. The molecule has 3 nitrogen and oxygen atoms in total. The number of hydrogen-bond acceptors (Lipinski definition) is 2. The van der Waals surface area contributed by atoms with E-state index in [0.717, 1.165) is 0 Å². The van der Waals surface area contributed by atoms with E-state index in [2.05, 4.69) is 4.72 Å². The van der Waals surface area contributed by atoms with Gasteiger partial charge < -0.3 is 0 Å². The highest BCUT2D eigenvalue weighted by atomic mass is 32.2. The monoisotopic (exact) mass is 205 g/mol. The SMILES string of the molecule is CNS(=O)CCCC(=O)C(C)(C)C. The molecule has 0 saturated carbocycles. The van der Waals surface area contributed by atoms with Crippen molar-refractivity contribution in [2.45, 2.75) is 33.6 Å². The summed E-state index contributed by atoms with van der Waals surface area (Å²) < 4.78 is 13.6. The minimum absolute atomic E-state index is 0.237. The molecule has 4 heteroatoms. The Balaban J connectivity index is 3.67. The Hall–Kier alpha value is -0.220. The van der Waals surface area contributed by atoms with Crippen LogP contribution in [0.3, 0.4) is 0 Å². The largest absolute Gasteiger partial charge is 0.299 e. The molecule has 0 heterocycles. The summed E-state index contributed by atoms with van der Waals surface area (Å²) in [6.07, 6.45) is 1.22. The van der Waals surface area contributed by atoms with E-state index in [1.165, 1.54) is 0 Å². The van der Waals surface area contributed by atoms with E-state index in [1.807, 2.05) is 20.8 Å². The number of hydrogen-bond donors (Lipinski definition) is 1. The lowest BCUT2D eigenvalue weighted by Crippen LogP contribution is -2.21. The quantitative estimate of drug-likeness (QED) is 0.734. The molecule has 0 aliphatic heterocycles. The lowest BCUT2D eigenvalue weighted by molar-refractivity contribution is -0.126. The number of ketones is 1. The van der Waals surface area contributed by atoms with Crippen molar-refractivity contribution in [3.63, 3.8) is 0 Å². The van der Waals surface area contributed by atoms with Crippen LogP contribution in [0.4, 0.5) is 0 Å². The second-order valence-corrected chi connectivity index (χ2v) is 5.54. The number of rotatable bonds is 5. The fourth-order valence-corrected chi connectivity index (χ4v) is 1.45. The number of carbonyl (C=O) groups is 1. The van der Waals surface area contributed by atoms with Gasteiger partial charge in [0, 0.05) is 17.6 Å². The maximum atomic E-state index is 11.4. The molecule has 0 aromatic rings. The van der Waals surface area contributed by atoms with E-state index in [1.54, 1.807) is 7.05 Å². The summed E-state index contributed by atoms with van der Waals surface area (Å²) >= 11 is 0. The van der Waals surface area contributed by atoms with Crippen LogP contribution in [0.25, 0.3) is 0 Å². The minimum Gasteiger partial charge on any atom is -0.299 e. The molecular formula is C9H19NO2S. The van der Waals surface area contributed by atoms with Crippen molar-refractivity contribution in [3.05, 3.63) is 0 Å². The summed E-state index contributed by atoms with van der Waals surface area (Å²) in [5.41, 5.74) is -0.263. The van der Waals surface area contributed by atoms with Gasteiger partial charge in [0.1, 0.15) is 5.78 Å². The zero-order valence-corrected chi connectivity index (χ0v) is 9.66. The summed E-state index contributed by atoms with van der Waals surface area (Å²) in [6.45, 7) is 5.72. The molecule has 0 rings (SSSR count). The molecule has 0 spiro atoms. The number of Topliss-reactive ketones (excluding diaryl/α,β-unsaturated/α-hetero) is 1. The fraction of sp³-hybridized carbons (Fsp3) is 0.889. The topological polar surface area (TPSA) is 46.2 Å². The van der Waals surface area contributed by atoms with Crippen molar-refractivity contribution in [2.24, 2.45) is 5.41 Å². The summed E-state index contributed by atoms with van der Waals surface area (Å²) in [5.74, 6) is 0.791. The van der Waals surface area contributed by atoms with E-state index < -0.39 is 11.0 Å². The van der Waals surface area contributed by atoms with E-state index in [0.29, 0.717) is 18.6 Å². The van der Waals surface area contributed by atoms with Crippen LogP contribution in [0.2, 0.25) is 0 Å². The van der Waals surface area contributed by atoms with Gasteiger partial charge in [-0.3, -0.25) is 4.79 Å². The van der Waals surface area contributed by atoms with Crippen molar-refractivity contribution in [3.8, 4) is 0 Å². The van der Waals surface area contributed by atoms with Gasteiger partial charge in [-0.1, -0.05) is 20.8 Å².